The van der Waals surface area contributed by atoms with Crippen molar-refractivity contribution in [3.8, 4) is 0 Å². The van der Waals surface area contributed by atoms with Gasteiger partial charge < -0.3 is 21.0 Å². The van der Waals surface area contributed by atoms with Crippen LogP contribution in [0.1, 0.15) is 5.69 Å². The van der Waals surface area contributed by atoms with Crippen LogP contribution in [-0.4, -0.2) is 78.1 Å². The number of rotatable bonds is 8. The molecule has 32 heavy (non-hydrogen) atoms. The van der Waals surface area contributed by atoms with Crippen molar-refractivity contribution in [3.05, 3.63) is 28.5 Å². The third kappa shape index (κ3) is 4.30. The van der Waals surface area contributed by atoms with Crippen LogP contribution in [0.3, 0.4) is 0 Å². The van der Waals surface area contributed by atoms with Gasteiger partial charge in [0.25, 0.3) is 11.8 Å². The van der Waals surface area contributed by atoms with Crippen LogP contribution in [0, 0.1) is 0 Å². The fourth-order valence-electron chi connectivity index (χ4n) is 3.08. The smallest absolute Gasteiger partial charge is 0.352 e. The SMILES string of the molecule is CO/N=C(/C(=O)N[C@@H]1C(=O)N2C(C(=O)O)=C(CSc3cnns3)CSC12)c1csc(N)n1. The molecule has 0 radical (unpaired) electrons. The zero-order valence-electron chi connectivity index (χ0n) is 16.3. The van der Waals surface area contributed by atoms with Gasteiger partial charge in [0.05, 0.1) is 6.20 Å². The van der Waals surface area contributed by atoms with Crippen molar-refractivity contribution in [2.45, 2.75) is 15.6 Å². The van der Waals surface area contributed by atoms with E-state index < -0.39 is 29.2 Å². The van der Waals surface area contributed by atoms with E-state index in [-0.39, 0.29) is 22.2 Å². The maximum absolute atomic E-state index is 12.8. The summed E-state index contributed by atoms with van der Waals surface area (Å²) in [5, 5.41) is 21.1. The highest BCUT2D eigenvalue weighted by atomic mass is 32.2. The van der Waals surface area contributed by atoms with Crippen LogP contribution in [0.25, 0.3) is 0 Å². The van der Waals surface area contributed by atoms with Gasteiger partial charge in [0, 0.05) is 16.9 Å². The number of hydrogen-bond donors (Lipinski definition) is 3. The molecule has 0 spiro atoms. The number of fused-ring (bicyclic) bond motifs is 1. The summed E-state index contributed by atoms with van der Waals surface area (Å²) in [6.07, 6.45) is 1.60. The van der Waals surface area contributed by atoms with Gasteiger partial charge in [0.1, 0.15) is 34.1 Å². The lowest BCUT2D eigenvalue weighted by Gasteiger charge is -2.49. The zero-order chi connectivity index (χ0) is 22.8. The normalized spacial score (nSPS) is 20.6. The number of thioether (sulfide) groups is 2. The Bertz CT molecular complexity index is 1120. The Morgan fingerprint density at radius 3 is 2.94 bits per heavy atom. The summed E-state index contributed by atoms with van der Waals surface area (Å²) in [5.74, 6) is -1.57. The van der Waals surface area contributed by atoms with E-state index in [1.54, 1.807) is 11.6 Å². The predicted molar refractivity (Wildman–Crippen MR) is 120 cm³/mol. The number of oxime groups is 1. The minimum Gasteiger partial charge on any atom is -0.477 e. The number of carboxylic acids is 1. The fourth-order valence-corrected chi connectivity index (χ4v) is 6.53. The van der Waals surface area contributed by atoms with Crippen LogP contribution in [0.15, 0.2) is 32.2 Å². The topological polar surface area (TPSA) is 173 Å². The van der Waals surface area contributed by atoms with Gasteiger partial charge in [-0.15, -0.1) is 40.0 Å². The van der Waals surface area contributed by atoms with E-state index in [9.17, 15) is 19.5 Å². The lowest BCUT2D eigenvalue weighted by atomic mass is 10.0. The molecule has 4 heterocycles. The Morgan fingerprint density at radius 2 is 2.31 bits per heavy atom. The highest BCUT2D eigenvalue weighted by molar-refractivity contribution is 8.01. The van der Waals surface area contributed by atoms with Crippen LogP contribution in [0.4, 0.5) is 5.13 Å². The first kappa shape index (κ1) is 22.5. The third-order valence-corrected chi connectivity index (χ3v) is 8.36. The molecule has 1 saturated heterocycles. The van der Waals surface area contributed by atoms with Crippen molar-refractivity contribution < 1.29 is 24.3 Å². The number of carbonyl (C=O) groups is 3. The molecule has 0 bridgehead atoms. The second-order valence-corrected chi connectivity index (χ2v) is 10.4. The number of nitrogens with zero attached hydrogens (tertiary/aromatic N) is 5. The van der Waals surface area contributed by atoms with Gasteiger partial charge in [-0.2, -0.15) is 0 Å². The van der Waals surface area contributed by atoms with Gasteiger partial charge in [-0.05, 0) is 17.1 Å². The molecule has 0 aromatic carbocycles. The average Bonchev–Trinajstić information content (AvgIpc) is 3.45. The van der Waals surface area contributed by atoms with Crippen LogP contribution in [0.2, 0.25) is 0 Å². The Labute approximate surface area is 197 Å². The molecule has 12 nitrogen and oxygen atoms in total. The van der Waals surface area contributed by atoms with Gasteiger partial charge in [0.2, 0.25) is 0 Å². The molecule has 2 atom stereocenters. The number of amides is 2. The Kier molecular flexibility index (Phi) is 6.63. The number of nitrogen functional groups attached to an aromatic ring is 1. The molecule has 2 aromatic heterocycles. The van der Waals surface area contributed by atoms with Crippen molar-refractivity contribution >= 4 is 75.0 Å². The standard InChI is InChI=1S/C16H15N7O5S4/c1-28-21-9(7-5-31-16(17)19-7)12(24)20-10-13(25)23-11(15(26)27)6(4-30-14(10)23)3-29-8-2-18-22-32-8/h2,5,10,14H,3-4H2,1H3,(H2,17,19)(H,20,24)(H,26,27)/b21-9+/t10-,14?/m1/s1. The van der Waals surface area contributed by atoms with Crippen LogP contribution in [0.5, 0.6) is 0 Å². The Hall–Kier alpha value is -2.69. The summed E-state index contributed by atoms with van der Waals surface area (Å²) in [4.78, 5) is 47.5. The maximum Gasteiger partial charge on any atom is 0.352 e. The molecule has 168 valence electrons. The minimum absolute atomic E-state index is 0.0488. The molecule has 2 aromatic rings. The number of aliphatic carboxylic acids is 1. The van der Waals surface area contributed by atoms with Gasteiger partial charge in [-0.3, -0.25) is 14.5 Å². The quantitative estimate of drug-likeness (QED) is 0.194. The summed E-state index contributed by atoms with van der Waals surface area (Å²) >= 11 is 5.14. The number of β-lactam (4-membered cyclic amide) rings is 1. The van der Waals surface area contributed by atoms with Crippen molar-refractivity contribution in [2.24, 2.45) is 5.16 Å². The predicted octanol–water partition coefficient (Wildman–Crippen LogP) is 0.458. The number of hydrogen-bond acceptors (Lipinski definition) is 13. The largest absolute Gasteiger partial charge is 0.477 e. The fraction of sp³-hybridized carbons (Fsp3) is 0.312. The third-order valence-electron chi connectivity index (χ3n) is 4.43. The average molecular weight is 514 g/mol. The van der Waals surface area contributed by atoms with E-state index in [4.69, 9.17) is 10.6 Å². The summed E-state index contributed by atoms with van der Waals surface area (Å²) in [5.41, 5.74) is 6.28. The first-order chi connectivity index (χ1) is 15.4. The van der Waals surface area contributed by atoms with E-state index in [0.717, 1.165) is 15.5 Å². The number of carbonyl (C=O) groups excluding carboxylic acids is 2. The highest BCUT2D eigenvalue weighted by Crippen LogP contribution is 2.41. The van der Waals surface area contributed by atoms with Crippen LogP contribution >= 0.6 is 46.4 Å². The first-order valence-electron chi connectivity index (χ1n) is 8.84. The zero-order valence-corrected chi connectivity index (χ0v) is 19.5. The van der Waals surface area contributed by atoms with Gasteiger partial charge >= 0.3 is 5.97 Å². The minimum atomic E-state index is -1.19. The molecule has 4 rings (SSSR count). The van der Waals surface area contributed by atoms with E-state index in [2.05, 4.69) is 25.0 Å². The molecule has 1 fully saturated rings. The monoisotopic (exact) mass is 513 g/mol. The molecular weight excluding hydrogens is 498 g/mol. The van der Waals surface area contributed by atoms with Crippen molar-refractivity contribution in [1.82, 2.24) is 24.8 Å². The van der Waals surface area contributed by atoms with Crippen molar-refractivity contribution in [1.29, 1.82) is 0 Å². The summed E-state index contributed by atoms with van der Waals surface area (Å²) in [6.45, 7) is 0. The molecule has 4 N–H and O–H groups in total. The summed E-state index contributed by atoms with van der Waals surface area (Å²) in [7, 11) is 1.28. The molecule has 2 aliphatic rings. The number of aromatic nitrogens is 3. The molecule has 2 amide bonds. The van der Waals surface area contributed by atoms with E-state index in [1.165, 1.54) is 47.1 Å². The lowest BCUT2D eigenvalue weighted by Crippen LogP contribution is -2.71. The second kappa shape index (κ2) is 9.43. The van der Waals surface area contributed by atoms with Gasteiger partial charge in [-0.25, -0.2) is 9.78 Å². The highest BCUT2D eigenvalue weighted by Gasteiger charge is 2.54. The number of nitrogens with one attached hydrogen (secondary N) is 1. The summed E-state index contributed by atoms with van der Waals surface area (Å²) in [6, 6.07) is -0.903. The molecule has 2 aliphatic heterocycles. The molecule has 1 unspecified atom stereocenters. The molecule has 0 aliphatic carbocycles. The van der Waals surface area contributed by atoms with Crippen molar-refractivity contribution in [2.75, 3.05) is 24.3 Å². The number of anilines is 1. The van der Waals surface area contributed by atoms with Crippen LogP contribution in [-0.2, 0) is 19.2 Å². The maximum atomic E-state index is 12.8. The number of nitrogens with two attached hydrogens (primary N) is 1. The first-order valence-corrected chi connectivity index (χ1v) is 12.5. The van der Waals surface area contributed by atoms with Crippen molar-refractivity contribution in [3.63, 3.8) is 0 Å². The van der Waals surface area contributed by atoms with E-state index >= 15 is 0 Å². The van der Waals surface area contributed by atoms with E-state index in [0.29, 0.717) is 17.1 Å². The number of thiazole rings is 1. The Morgan fingerprint density at radius 1 is 1.50 bits per heavy atom. The van der Waals surface area contributed by atoms with E-state index in [1.807, 2.05) is 0 Å². The molecular formula is C16H15N7O5S4. The summed E-state index contributed by atoms with van der Waals surface area (Å²) < 4.78 is 4.63. The molecule has 16 heteroatoms. The number of carboxylic acid groups (broad SMARTS) is 1. The Balaban J connectivity index is 1.49. The second-order valence-electron chi connectivity index (χ2n) is 6.34. The molecule has 0 saturated carbocycles. The van der Waals surface area contributed by atoms with Crippen LogP contribution < -0.4 is 11.1 Å². The van der Waals surface area contributed by atoms with Gasteiger partial charge in [0.15, 0.2) is 10.8 Å². The lowest BCUT2D eigenvalue weighted by molar-refractivity contribution is -0.150. The van der Waals surface area contributed by atoms with Gasteiger partial charge in [-0.1, -0.05) is 9.64 Å².